The quantitative estimate of drug-likeness (QED) is 0.463. The Morgan fingerprint density at radius 3 is 2.72 bits per heavy atom. The lowest BCUT2D eigenvalue weighted by Crippen LogP contribution is -2.28. The topological polar surface area (TPSA) is 56.5 Å². The monoisotopic (exact) mass is 250 g/mol. The van der Waals surface area contributed by atoms with Gasteiger partial charge in [-0.1, -0.05) is 32.3 Å². The van der Waals surface area contributed by atoms with Gasteiger partial charge in [0.2, 0.25) is 0 Å². The maximum atomic E-state index is 5.64. The molecule has 0 saturated heterocycles. The van der Waals surface area contributed by atoms with Gasteiger partial charge < -0.3 is 9.47 Å². The maximum absolute atomic E-state index is 5.64. The molecule has 1 unspecified atom stereocenters. The van der Waals surface area contributed by atoms with Gasteiger partial charge in [0.15, 0.2) is 11.5 Å². The zero-order valence-electron chi connectivity index (χ0n) is 10.9. The molecular formula is C14H22N2O2. The van der Waals surface area contributed by atoms with Crippen LogP contribution in [-0.4, -0.2) is 13.2 Å². The third-order valence-electron chi connectivity index (χ3n) is 3.27. The first-order chi connectivity index (χ1) is 8.85. The van der Waals surface area contributed by atoms with Crippen LogP contribution in [0.4, 0.5) is 0 Å². The largest absolute Gasteiger partial charge is 0.486 e. The first-order valence-corrected chi connectivity index (χ1v) is 6.71. The summed E-state index contributed by atoms with van der Waals surface area (Å²) in [6, 6.07) is 6.25. The Morgan fingerprint density at radius 2 is 2.00 bits per heavy atom. The van der Waals surface area contributed by atoms with E-state index in [1.165, 1.54) is 19.3 Å². The van der Waals surface area contributed by atoms with Gasteiger partial charge >= 0.3 is 0 Å². The Kier molecular flexibility index (Phi) is 4.84. The highest BCUT2D eigenvalue weighted by molar-refractivity contribution is 5.44. The molecule has 0 spiro atoms. The standard InChI is InChI=1S/C14H22N2O2/c1-2-3-4-5-12(16-15)11-6-7-13-14(10-11)18-9-8-17-13/h6-7,10,12,16H,2-5,8-9,15H2,1H3. The third kappa shape index (κ3) is 3.15. The van der Waals surface area contributed by atoms with Crippen molar-refractivity contribution in [2.75, 3.05) is 13.2 Å². The van der Waals surface area contributed by atoms with Gasteiger partial charge in [0.1, 0.15) is 13.2 Å². The smallest absolute Gasteiger partial charge is 0.161 e. The van der Waals surface area contributed by atoms with Gasteiger partial charge in [-0.05, 0) is 24.1 Å². The predicted molar refractivity (Wildman–Crippen MR) is 71.6 cm³/mol. The van der Waals surface area contributed by atoms with Crippen molar-refractivity contribution in [2.45, 2.75) is 38.6 Å². The molecule has 1 aliphatic heterocycles. The van der Waals surface area contributed by atoms with Crippen LogP contribution < -0.4 is 20.7 Å². The zero-order chi connectivity index (χ0) is 12.8. The van der Waals surface area contributed by atoms with Crippen LogP contribution in [0.1, 0.15) is 44.2 Å². The first-order valence-electron chi connectivity index (χ1n) is 6.71. The highest BCUT2D eigenvalue weighted by Crippen LogP contribution is 2.33. The summed E-state index contributed by atoms with van der Waals surface area (Å²) in [6.45, 7) is 3.45. The lowest BCUT2D eigenvalue weighted by atomic mass is 10.0. The summed E-state index contributed by atoms with van der Waals surface area (Å²) in [6.07, 6.45) is 4.69. The van der Waals surface area contributed by atoms with E-state index in [4.69, 9.17) is 15.3 Å². The van der Waals surface area contributed by atoms with Crippen LogP contribution in [0.25, 0.3) is 0 Å². The lowest BCUT2D eigenvalue weighted by molar-refractivity contribution is 0.171. The number of hydrazine groups is 1. The molecule has 3 N–H and O–H groups in total. The van der Waals surface area contributed by atoms with E-state index in [2.05, 4.69) is 18.4 Å². The second kappa shape index (κ2) is 6.61. The summed E-state index contributed by atoms with van der Waals surface area (Å²) in [5.74, 6) is 7.30. The molecule has 1 heterocycles. The van der Waals surface area contributed by atoms with Crippen LogP contribution in [0.5, 0.6) is 11.5 Å². The molecule has 0 amide bonds. The Morgan fingerprint density at radius 1 is 1.22 bits per heavy atom. The van der Waals surface area contributed by atoms with E-state index >= 15 is 0 Å². The van der Waals surface area contributed by atoms with E-state index < -0.39 is 0 Å². The van der Waals surface area contributed by atoms with Crippen molar-refractivity contribution in [2.24, 2.45) is 5.84 Å². The summed E-state index contributed by atoms with van der Waals surface area (Å²) >= 11 is 0. The minimum atomic E-state index is 0.187. The van der Waals surface area contributed by atoms with Crippen molar-refractivity contribution in [3.05, 3.63) is 23.8 Å². The van der Waals surface area contributed by atoms with Gasteiger partial charge in [0.05, 0.1) is 0 Å². The second-order valence-corrected chi connectivity index (χ2v) is 4.62. The van der Waals surface area contributed by atoms with Gasteiger partial charge in [-0.25, -0.2) is 0 Å². The summed E-state index contributed by atoms with van der Waals surface area (Å²) in [5.41, 5.74) is 4.05. The zero-order valence-corrected chi connectivity index (χ0v) is 10.9. The number of hydrogen-bond acceptors (Lipinski definition) is 4. The molecule has 0 aliphatic carbocycles. The molecule has 0 bridgehead atoms. The molecule has 0 saturated carbocycles. The van der Waals surface area contributed by atoms with Crippen LogP contribution >= 0.6 is 0 Å². The highest BCUT2D eigenvalue weighted by Gasteiger charge is 2.15. The molecule has 1 aromatic rings. The maximum Gasteiger partial charge on any atom is 0.161 e. The van der Waals surface area contributed by atoms with Gasteiger partial charge in [-0.15, -0.1) is 0 Å². The average molecular weight is 250 g/mol. The summed E-state index contributed by atoms with van der Waals surface area (Å²) < 4.78 is 11.1. The summed E-state index contributed by atoms with van der Waals surface area (Å²) in [7, 11) is 0. The SMILES string of the molecule is CCCCCC(NN)c1ccc2c(c1)OCCO2. The van der Waals surface area contributed by atoms with Gasteiger partial charge in [0.25, 0.3) is 0 Å². The number of nitrogens with two attached hydrogens (primary N) is 1. The number of unbranched alkanes of at least 4 members (excludes halogenated alkanes) is 2. The molecule has 18 heavy (non-hydrogen) atoms. The minimum absolute atomic E-state index is 0.187. The third-order valence-corrected chi connectivity index (χ3v) is 3.27. The van der Waals surface area contributed by atoms with Crippen molar-refractivity contribution in [3.63, 3.8) is 0 Å². The molecule has 2 rings (SSSR count). The minimum Gasteiger partial charge on any atom is -0.486 e. The molecule has 4 nitrogen and oxygen atoms in total. The molecule has 1 atom stereocenters. The number of benzene rings is 1. The van der Waals surface area contributed by atoms with Crippen LogP contribution in [0.2, 0.25) is 0 Å². The van der Waals surface area contributed by atoms with Gasteiger partial charge in [-0.3, -0.25) is 11.3 Å². The summed E-state index contributed by atoms with van der Waals surface area (Å²) in [5, 5.41) is 0. The van der Waals surface area contributed by atoms with Crippen LogP contribution in [0.3, 0.4) is 0 Å². The van der Waals surface area contributed by atoms with E-state index in [9.17, 15) is 0 Å². The molecule has 4 heteroatoms. The van der Waals surface area contributed by atoms with Crippen LogP contribution in [-0.2, 0) is 0 Å². The van der Waals surface area contributed by atoms with E-state index in [1.54, 1.807) is 0 Å². The second-order valence-electron chi connectivity index (χ2n) is 4.62. The van der Waals surface area contributed by atoms with Crippen LogP contribution in [0.15, 0.2) is 18.2 Å². The molecule has 0 fully saturated rings. The molecule has 0 radical (unpaired) electrons. The van der Waals surface area contributed by atoms with E-state index in [0.717, 1.165) is 23.5 Å². The van der Waals surface area contributed by atoms with E-state index in [-0.39, 0.29) is 6.04 Å². The van der Waals surface area contributed by atoms with Crippen molar-refractivity contribution in [1.82, 2.24) is 5.43 Å². The Balaban J connectivity index is 2.05. The molecular weight excluding hydrogens is 228 g/mol. The average Bonchev–Trinajstić information content (AvgIpc) is 2.43. The molecule has 0 aromatic heterocycles. The molecule has 1 aliphatic rings. The van der Waals surface area contributed by atoms with Crippen molar-refractivity contribution < 1.29 is 9.47 Å². The van der Waals surface area contributed by atoms with E-state index in [0.29, 0.717) is 13.2 Å². The fourth-order valence-electron chi connectivity index (χ4n) is 2.22. The molecule has 1 aromatic carbocycles. The number of ether oxygens (including phenoxy) is 2. The normalized spacial score (nSPS) is 15.4. The van der Waals surface area contributed by atoms with Gasteiger partial charge in [0, 0.05) is 6.04 Å². The Bertz CT molecular complexity index is 382. The van der Waals surface area contributed by atoms with Crippen LogP contribution in [0, 0.1) is 0 Å². The Hall–Kier alpha value is -1.26. The molecule has 100 valence electrons. The number of nitrogens with one attached hydrogen (secondary N) is 1. The van der Waals surface area contributed by atoms with Crippen molar-refractivity contribution in [1.29, 1.82) is 0 Å². The van der Waals surface area contributed by atoms with Gasteiger partial charge in [-0.2, -0.15) is 0 Å². The van der Waals surface area contributed by atoms with E-state index in [1.807, 2.05) is 12.1 Å². The fourth-order valence-corrected chi connectivity index (χ4v) is 2.22. The van der Waals surface area contributed by atoms with Crippen molar-refractivity contribution >= 4 is 0 Å². The number of fused-ring (bicyclic) bond motifs is 1. The number of hydrogen-bond donors (Lipinski definition) is 2. The predicted octanol–water partition coefficient (Wildman–Crippen LogP) is 2.54. The highest BCUT2D eigenvalue weighted by atomic mass is 16.6. The Labute approximate surface area is 108 Å². The fraction of sp³-hybridized carbons (Fsp3) is 0.571. The lowest BCUT2D eigenvalue weighted by Gasteiger charge is -2.21. The summed E-state index contributed by atoms with van der Waals surface area (Å²) in [4.78, 5) is 0. The first kappa shape index (κ1) is 13.2. The number of rotatable bonds is 6. The van der Waals surface area contributed by atoms with Crippen molar-refractivity contribution in [3.8, 4) is 11.5 Å².